The predicted octanol–water partition coefficient (Wildman–Crippen LogP) is 6.60. The molecule has 0 fully saturated rings. The molecule has 0 bridgehead atoms. The van der Waals surface area contributed by atoms with Gasteiger partial charge in [-0.3, -0.25) is 4.79 Å². The number of ether oxygens (including phenoxy) is 3. The van der Waals surface area contributed by atoms with Gasteiger partial charge in [0.25, 0.3) is 5.91 Å². The van der Waals surface area contributed by atoms with Gasteiger partial charge >= 0.3 is 0 Å². The van der Waals surface area contributed by atoms with Gasteiger partial charge in [-0.2, -0.15) is 0 Å². The Hall–Kier alpha value is -2.99. The van der Waals surface area contributed by atoms with Crippen molar-refractivity contribution in [3.63, 3.8) is 0 Å². The van der Waals surface area contributed by atoms with Crippen molar-refractivity contribution >= 4 is 27.5 Å². The molecule has 1 N–H and O–H groups in total. The number of benzene rings is 3. The first-order valence-corrected chi connectivity index (χ1v) is 10.5. The Bertz CT molecular complexity index is 1020. The van der Waals surface area contributed by atoms with Crippen molar-refractivity contribution in [3.8, 4) is 23.0 Å². The summed E-state index contributed by atoms with van der Waals surface area (Å²) in [6.45, 7) is 6.75. The Kier molecular flexibility index (Phi) is 7.36. The molecular formula is C24H24BrNO4. The van der Waals surface area contributed by atoms with Crippen LogP contribution in [0.15, 0.2) is 65.1 Å². The van der Waals surface area contributed by atoms with Gasteiger partial charge in [0.2, 0.25) is 0 Å². The number of hydrogen-bond donors (Lipinski definition) is 1. The van der Waals surface area contributed by atoms with E-state index in [1.165, 1.54) is 0 Å². The summed E-state index contributed by atoms with van der Waals surface area (Å²) in [5, 5.41) is 2.90. The average molecular weight is 470 g/mol. The van der Waals surface area contributed by atoms with Crippen LogP contribution in [0.5, 0.6) is 23.0 Å². The smallest absolute Gasteiger partial charge is 0.255 e. The number of amides is 1. The second-order valence-corrected chi connectivity index (χ2v) is 7.35. The lowest BCUT2D eigenvalue weighted by atomic mass is 10.1. The molecule has 3 aromatic rings. The number of carbonyl (C=O) groups excluding carboxylic acids is 1. The van der Waals surface area contributed by atoms with Gasteiger partial charge in [0.15, 0.2) is 11.5 Å². The number of nitrogens with one attached hydrogen (secondary N) is 1. The van der Waals surface area contributed by atoms with Gasteiger partial charge in [0, 0.05) is 11.3 Å². The van der Waals surface area contributed by atoms with E-state index in [2.05, 4.69) is 21.2 Å². The lowest BCUT2D eigenvalue weighted by molar-refractivity contribution is 0.102. The fourth-order valence-electron chi connectivity index (χ4n) is 2.85. The van der Waals surface area contributed by atoms with Gasteiger partial charge in [-0.15, -0.1) is 0 Å². The van der Waals surface area contributed by atoms with Gasteiger partial charge in [-0.25, -0.2) is 0 Å². The molecule has 1 amide bonds. The third-order valence-electron chi connectivity index (χ3n) is 4.29. The number of anilines is 1. The Morgan fingerprint density at radius 2 is 1.63 bits per heavy atom. The maximum Gasteiger partial charge on any atom is 0.255 e. The van der Waals surface area contributed by atoms with Crippen molar-refractivity contribution in [1.82, 2.24) is 0 Å². The molecule has 0 radical (unpaired) electrons. The molecule has 3 rings (SSSR count). The quantitative estimate of drug-likeness (QED) is 0.403. The third kappa shape index (κ3) is 5.33. The van der Waals surface area contributed by atoms with E-state index in [1.54, 1.807) is 24.3 Å². The molecule has 0 aliphatic carbocycles. The number of rotatable bonds is 8. The molecule has 0 aromatic heterocycles. The van der Waals surface area contributed by atoms with Crippen molar-refractivity contribution in [2.75, 3.05) is 18.5 Å². The van der Waals surface area contributed by atoms with Crippen LogP contribution < -0.4 is 19.5 Å². The second-order valence-electron chi connectivity index (χ2n) is 6.50. The SMILES string of the molecule is CCOc1cc(C(=O)Nc2ccc(Oc3ccccc3C)cc2)cc(Br)c1OCC. The van der Waals surface area contributed by atoms with Crippen molar-refractivity contribution < 1.29 is 19.0 Å². The van der Waals surface area contributed by atoms with Gasteiger partial charge in [0.1, 0.15) is 11.5 Å². The first kappa shape index (κ1) is 21.7. The van der Waals surface area contributed by atoms with Crippen LogP contribution in [0.4, 0.5) is 5.69 Å². The molecule has 0 atom stereocenters. The van der Waals surface area contributed by atoms with E-state index in [1.807, 2.05) is 57.2 Å². The average Bonchev–Trinajstić information content (AvgIpc) is 2.73. The normalized spacial score (nSPS) is 10.4. The molecule has 0 aliphatic rings. The number of para-hydroxylation sites is 1. The van der Waals surface area contributed by atoms with Crippen molar-refractivity contribution in [2.45, 2.75) is 20.8 Å². The summed E-state index contributed by atoms with van der Waals surface area (Å²) < 4.78 is 17.8. The van der Waals surface area contributed by atoms with E-state index in [9.17, 15) is 4.79 Å². The van der Waals surface area contributed by atoms with E-state index >= 15 is 0 Å². The first-order valence-electron chi connectivity index (χ1n) is 9.75. The zero-order valence-electron chi connectivity index (χ0n) is 17.2. The second kappa shape index (κ2) is 10.2. The molecule has 0 spiro atoms. The van der Waals surface area contributed by atoms with E-state index in [0.29, 0.717) is 46.2 Å². The highest BCUT2D eigenvalue weighted by Crippen LogP contribution is 2.37. The molecule has 6 heteroatoms. The summed E-state index contributed by atoms with van der Waals surface area (Å²) in [7, 11) is 0. The minimum Gasteiger partial charge on any atom is -0.490 e. The molecule has 0 saturated carbocycles. The highest BCUT2D eigenvalue weighted by molar-refractivity contribution is 9.10. The summed E-state index contributed by atoms with van der Waals surface area (Å²) in [4.78, 5) is 12.8. The summed E-state index contributed by atoms with van der Waals surface area (Å²) in [6.07, 6.45) is 0. The monoisotopic (exact) mass is 469 g/mol. The Balaban J connectivity index is 1.73. The van der Waals surface area contributed by atoms with Gasteiger partial charge in [-0.1, -0.05) is 18.2 Å². The number of halogens is 1. The van der Waals surface area contributed by atoms with Gasteiger partial charge < -0.3 is 19.5 Å². The fraction of sp³-hybridized carbons (Fsp3) is 0.208. The van der Waals surface area contributed by atoms with Crippen molar-refractivity contribution in [3.05, 3.63) is 76.3 Å². The number of hydrogen-bond acceptors (Lipinski definition) is 4. The maximum atomic E-state index is 12.8. The molecule has 0 heterocycles. The van der Waals surface area contributed by atoms with E-state index in [0.717, 1.165) is 11.3 Å². The predicted molar refractivity (Wildman–Crippen MR) is 122 cm³/mol. The minimum atomic E-state index is -0.243. The molecule has 3 aromatic carbocycles. The molecular weight excluding hydrogens is 446 g/mol. The Morgan fingerprint density at radius 1 is 0.933 bits per heavy atom. The molecule has 0 saturated heterocycles. The van der Waals surface area contributed by atoms with Gasteiger partial charge in [0.05, 0.1) is 17.7 Å². The third-order valence-corrected chi connectivity index (χ3v) is 4.88. The molecule has 0 unspecified atom stereocenters. The molecule has 5 nitrogen and oxygen atoms in total. The summed E-state index contributed by atoms with van der Waals surface area (Å²) in [6, 6.07) is 18.5. The van der Waals surface area contributed by atoms with Crippen molar-refractivity contribution in [2.24, 2.45) is 0 Å². The van der Waals surface area contributed by atoms with Crippen LogP contribution in [-0.2, 0) is 0 Å². The van der Waals surface area contributed by atoms with Crippen LogP contribution in [0, 0.1) is 6.92 Å². The van der Waals surface area contributed by atoms with Crippen LogP contribution >= 0.6 is 15.9 Å². The van der Waals surface area contributed by atoms with Crippen LogP contribution in [-0.4, -0.2) is 19.1 Å². The molecule has 156 valence electrons. The number of aryl methyl sites for hydroxylation is 1. The summed E-state index contributed by atoms with van der Waals surface area (Å²) in [5.41, 5.74) is 2.19. The standard InChI is InChI=1S/C24H24BrNO4/c1-4-28-22-15-17(14-20(25)23(22)29-5-2)24(27)26-18-10-12-19(13-11-18)30-21-9-7-6-8-16(21)3/h6-15H,4-5H2,1-3H3,(H,26,27). The largest absolute Gasteiger partial charge is 0.490 e. The van der Waals surface area contributed by atoms with Crippen LogP contribution in [0.3, 0.4) is 0 Å². The first-order chi connectivity index (χ1) is 14.5. The summed E-state index contributed by atoms with van der Waals surface area (Å²) >= 11 is 3.47. The van der Waals surface area contributed by atoms with E-state index in [-0.39, 0.29) is 5.91 Å². The summed E-state index contributed by atoms with van der Waals surface area (Å²) in [5.74, 6) is 2.38. The molecule has 30 heavy (non-hydrogen) atoms. The van der Waals surface area contributed by atoms with E-state index < -0.39 is 0 Å². The topological polar surface area (TPSA) is 56.8 Å². The minimum absolute atomic E-state index is 0.243. The lowest BCUT2D eigenvalue weighted by Gasteiger charge is -2.14. The highest BCUT2D eigenvalue weighted by Gasteiger charge is 2.16. The molecule has 0 aliphatic heterocycles. The van der Waals surface area contributed by atoms with Crippen LogP contribution in [0.25, 0.3) is 0 Å². The zero-order valence-corrected chi connectivity index (χ0v) is 18.8. The van der Waals surface area contributed by atoms with Crippen LogP contribution in [0.2, 0.25) is 0 Å². The number of carbonyl (C=O) groups is 1. The zero-order chi connectivity index (χ0) is 21.5. The Labute approximate surface area is 185 Å². The Morgan fingerprint density at radius 3 is 2.30 bits per heavy atom. The highest BCUT2D eigenvalue weighted by atomic mass is 79.9. The fourth-order valence-corrected chi connectivity index (χ4v) is 3.41. The maximum absolute atomic E-state index is 12.8. The van der Waals surface area contributed by atoms with Gasteiger partial charge in [-0.05, 0) is 84.7 Å². The van der Waals surface area contributed by atoms with Crippen LogP contribution in [0.1, 0.15) is 29.8 Å². The van der Waals surface area contributed by atoms with E-state index in [4.69, 9.17) is 14.2 Å². The lowest BCUT2D eigenvalue weighted by Crippen LogP contribution is -2.12. The van der Waals surface area contributed by atoms with Crippen molar-refractivity contribution in [1.29, 1.82) is 0 Å².